The van der Waals surface area contributed by atoms with Gasteiger partial charge in [-0.25, -0.2) is 0 Å². The van der Waals surface area contributed by atoms with Crippen molar-refractivity contribution >= 4 is 27.7 Å². The summed E-state index contributed by atoms with van der Waals surface area (Å²) < 4.78 is 30.7. The molecule has 4 aliphatic carbocycles. The molecule has 1 heterocycles. The Hall–Kier alpha value is -1.54. The molecule has 0 unspecified atom stereocenters. The second-order valence-corrected chi connectivity index (χ2v) is 11.0. The minimum absolute atomic E-state index is 0.0164. The highest BCUT2D eigenvalue weighted by Crippen LogP contribution is 2.64. The number of hydrogen-bond acceptors (Lipinski definition) is 6. The van der Waals surface area contributed by atoms with Gasteiger partial charge in [0, 0.05) is 6.42 Å². The van der Waals surface area contributed by atoms with Gasteiger partial charge in [-0.15, -0.1) is 9.35 Å². The number of Topliss-reactive ketones (excluding diaryl/α,β-unsaturated/α-hetero) is 1. The van der Waals surface area contributed by atoms with E-state index in [1.54, 1.807) is 0 Å². The number of nitrogens with zero attached hydrogens (tertiary/aromatic N) is 1. The number of carbonyl (C=O) groups is 3. The molecule has 1 saturated heterocycles. The highest BCUT2D eigenvalue weighted by molar-refractivity contribution is 7.86. The molecule has 7 nitrogen and oxygen atoms in total. The smallest absolute Gasteiger partial charge is 0.289 e. The Labute approximate surface area is 158 Å². The van der Waals surface area contributed by atoms with Gasteiger partial charge < -0.3 is 0 Å². The Kier molecular flexibility index (Phi) is 3.30. The predicted molar refractivity (Wildman–Crippen MR) is 93.0 cm³/mol. The summed E-state index contributed by atoms with van der Waals surface area (Å²) in [7, 11) is -4.26. The molecule has 0 aromatic heterocycles. The van der Waals surface area contributed by atoms with E-state index in [1.165, 1.54) is 0 Å². The summed E-state index contributed by atoms with van der Waals surface area (Å²) in [6, 6.07) is 0. The van der Waals surface area contributed by atoms with Crippen LogP contribution < -0.4 is 0 Å². The van der Waals surface area contributed by atoms with Crippen LogP contribution >= 0.6 is 0 Å². The fourth-order valence-corrected chi connectivity index (χ4v) is 8.21. The van der Waals surface area contributed by atoms with E-state index < -0.39 is 50.4 Å². The van der Waals surface area contributed by atoms with Gasteiger partial charge in [-0.3, -0.25) is 14.4 Å². The summed E-state index contributed by atoms with van der Waals surface area (Å²) in [5, 5.41) is 0.465. The van der Waals surface area contributed by atoms with Crippen LogP contribution in [0.4, 0.5) is 0 Å². The van der Waals surface area contributed by atoms with E-state index in [2.05, 4.69) is 0 Å². The molecule has 3 saturated carbocycles. The van der Waals surface area contributed by atoms with Gasteiger partial charge in [-0.2, -0.15) is 8.42 Å². The van der Waals surface area contributed by atoms with E-state index in [0.29, 0.717) is 17.9 Å². The van der Waals surface area contributed by atoms with Gasteiger partial charge in [-0.1, -0.05) is 26.0 Å². The molecule has 27 heavy (non-hydrogen) atoms. The second-order valence-electron chi connectivity index (χ2n) is 9.41. The molecule has 0 aromatic rings. The van der Waals surface area contributed by atoms with Gasteiger partial charge in [0.2, 0.25) is 0 Å². The van der Waals surface area contributed by atoms with Crippen molar-refractivity contribution in [3.8, 4) is 0 Å². The number of carbonyl (C=O) groups excluding carboxylic acids is 3. The third kappa shape index (κ3) is 2.06. The Morgan fingerprint density at radius 1 is 1.11 bits per heavy atom. The summed E-state index contributed by atoms with van der Waals surface area (Å²) in [5.41, 5.74) is -1.42. The summed E-state index contributed by atoms with van der Waals surface area (Å²) in [6.45, 7) is 3.87. The number of amides is 2. The van der Waals surface area contributed by atoms with Crippen molar-refractivity contribution < 1.29 is 27.1 Å². The number of imide groups is 1. The summed E-state index contributed by atoms with van der Waals surface area (Å²) >= 11 is 0. The van der Waals surface area contributed by atoms with E-state index >= 15 is 0 Å². The zero-order chi connectivity index (χ0) is 19.4. The minimum atomic E-state index is -4.26. The van der Waals surface area contributed by atoms with Gasteiger partial charge in [0.05, 0.1) is 23.0 Å². The molecule has 0 N–H and O–H groups in total. The number of hydrogen-bond donors (Lipinski definition) is 0. The van der Waals surface area contributed by atoms with Gasteiger partial charge in [0.15, 0.2) is 0 Å². The van der Waals surface area contributed by atoms with Crippen LogP contribution in [0, 0.1) is 40.4 Å². The number of hydroxylamine groups is 2. The Morgan fingerprint density at radius 3 is 2.19 bits per heavy atom. The molecular formula is C19H23NO6S. The largest absolute Gasteiger partial charge is 0.299 e. The van der Waals surface area contributed by atoms with E-state index in [4.69, 9.17) is 4.28 Å². The zero-order valence-electron chi connectivity index (χ0n) is 15.4. The van der Waals surface area contributed by atoms with Crippen molar-refractivity contribution in [1.82, 2.24) is 5.06 Å². The average Bonchev–Trinajstić information content (AvgIpc) is 3.33. The topological polar surface area (TPSA) is 97.8 Å². The Balaban J connectivity index is 1.39. The molecule has 4 bridgehead atoms. The van der Waals surface area contributed by atoms with Crippen molar-refractivity contribution in [2.75, 3.05) is 5.75 Å². The van der Waals surface area contributed by atoms with Crippen LogP contribution in [0.2, 0.25) is 0 Å². The van der Waals surface area contributed by atoms with Crippen LogP contribution in [0.25, 0.3) is 0 Å². The first-order valence-electron chi connectivity index (χ1n) is 9.59. The number of ketones is 1. The Morgan fingerprint density at radius 2 is 1.70 bits per heavy atom. The standard InChI is InChI=1S/C19H23NO6S/c1-18(2)12-5-6-19(18,13(21)8-12)9-27(24,25)26-20-16(22)14-10-3-4-11(7-10)15(14)17(20)23/h3-4,10-12,14-15H,5-9H2,1-2H3/t10-,11+,12-,14-,15+,19-/m1/s1. The van der Waals surface area contributed by atoms with Crippen molar-refractivity contribution in [3.63, 3.8) is 0 Å². The predicted octanol–water partition coefficient (Wildman–Crippen LogP) is 1.45. The highest BCUT2D eigenvalue weighted by Gasteiger charge is 2.66. The lowest BCUT2D eigenvalue weighted by molar-refractivity contribution is -0.166. The monoisotopic (exact) mass is 393 g/mol. The first-order chi connectivity index (χ1) is 12.6. The van der Waals surface area contributed by atoms with Crippen LogP contribution in [0.15, 0.2) is 12.2 Å². The molecule has 1 aliphatic heterocycles. The maximum Gasteiger partial charge on any atom is 0.289 e. The molecule has 4 fully saturated rings. The van der Waals surface area contributed by atoms with Crippen LogP contribution in [-0.2, 0) is 28.8 Å². The van der Waals surface area contributed by atoms with Crippen molar-refractivity contribution in [3.05, 3.63) is 12.2 Å². The van der Waals surface area contributed by atoms with Crippen LogP contribution in [0.5, 0.6) is 0 Å². The lowest BCUT2D eigenvalue weighted by atomic mass is 9.70. The van der Waals surface area contributed by atoms with E-state index in [-0.39, 0.29) is 23.5 Å². The minimum Gasteiger partial charge on any atom is -0.299 e. The van der Waals surface area contributed by atoms with Gasteiger partial charge in [-0.05, 0) is 42.4 Å². The fourth-order valence-electron chi connectivity index (χ4n) is 6.50. The normalized spacial score (nSPS) is 44.0. The summed E-state index contributed by atoms with van der Waals surface area (Å²) in [5.74, 6) is -2.53. The number of fused-ring (bicyclic) bond motifs is 7. The second kappa shape index (κ2) is 5.08. The fraction of sp³-hybridized carbons (Fsp3) is 0.737. The SMILES string of the molecule is CC1(C)[C@@H]2CC[C@@]1(CS(=O)(=O)ON1C(=O)[C@@H]3[C@H](C1=O)[C@@H]1C=C[C@H]3C1)C(=O)C2. The quantitative estimate of drug-likeness (QED) is 0.530. The molecule has 5 aliphatic rings. The molecule has 0 spiro atoms. The first-order valence-corrected chi connectivity index (χ1v) is 11.2. The van der Waals surface area contributed by atoms with Crippen LogP contribution in [-0.4, -0.2) is 36.8 Å². The van der Waals surface area contributed by atoms with Crippen LogP contribution in [0.3, 0.4) is 0 Å². The van der Waals surface area contributed by atoms with E-state index in [0.717, 1.165) is 12.8 Å². The molecule has 2 amide bonds. The number of rotatable bonds is 4. The molecule has 8 heteroatoms. The van der Waals surface area contributed by atoms with Crippen molar-refractivity contribution in [2.45, 2.75) is 39.5 Å². The maximum absolute atomic E-state index is 12.8. The molecule has 5 rings (SSSR count). The summed E-state index contributed by atoms with van der Waals surface area (Å²) in [4.78, 5) is 37.9. The average molecular weight is 393 g/mol. The molecule has 146 valence electrons. The zero-order valence-corrected chi connectivity index (χ0v) is 16.2. The van der Waals surface area contributed by atoms with Gasteiger partial charge in [0.1, 0.15) is 5.78 Å². The van der Waals surface area contributed by atoms with Crippen molar-refractivity contribution in [2.24, 2.45) is 40.4 Å². The van der Waals surface area contributed by atoms with E-state index in [9.17, 15) is 22.8 Å². The van der Waals surface area contributed by atoms with Crippen LogP contribution in [0.1, 0.15) is 39.5 Å². The summed E-state index contributed by atoms with van der Waals surface area (Å²) in [6.07, 6.45) is 6.35. The lowest BCUT2D eigenvalue weighted by Gasteiger charge is -2.35. The van der Waals surface area contributed by atoms with Crippen molar-refractivity contribution in [1.29, 1.82) is 0 Å². The maximum atomic E-state index is 12.8. The molecule has 0 aromatic carbocycles. The number of allylic oxidation sites excluding steroid dienone is 2. The molecular weight excluding hydrogens is 370 g/mol. The third-order valence-corrected chi connectivity index (χ3v) is 9.40. The third-order valence-electron chi connectivity index (χ3n) is 8.18. The Bertz CT molecular complexity index is 875. The van der Waals surface area contributed by atoms with Gasteiger partial charge in [0.25, 0.3) is 21.9 Å². The van der Waals surface area contributed by atoms with E-state index in [1.807, 2.05) is 26.0 Å². The first kappa shape index (κ1) is 17.6. The van der Waals surface area contributed by atoms with Gasteiger partial charge >= 0.3 is 0 Å². The molecule has 0 radical (unpaired) electrons. The highest BCUT2D eigenvalue weighted by atomic mass is 32.2. The molecule has 6 atom stereocenters. The lowest BCUT2D eigenvalue weighted by Crippen LogP contribution is -2.45.